The third kappa shape index (κ3) is 3.28. The van der Waals surface area contributed by atoms with Gasteiger partial charge in [0.05, 0.1) is 11.5 Å². The number of hydrogen-bond acceptors (Lipinski definition) is 12. The molecule has 3 aliphatic carbocycles. The van der Waals surface area contributed by atoms with E-state index in [0.29, 0.717) is 17.0 Å². The number of Topliss-reactive ketones (excluding diaryl/α,β-unsaturated/α-hetero) is 2. The summed E-state index contributed by atoms with van der Waals surface area (Å²) in [4.78, 5) is 48.1. The molecule has 0 spiro atoms. The Bertz CT molecular complexity index is 1520. The molecule has 38 heavy (non-hydrogen) atoms. The summed E-state index contributed by atoms with van der Waals surface area (Å²) >= 11 is 0. The number of allylic oxidation sites excluding steroid dienone is 1. The van der Waals surface area contributed by atoms with Crippen LogP contribution >= 0.6 is 0 Å². The van der Waals surface area contributed by atoms with Gasteiger partial charge in [0.25, 0.3) is 11.8 Å². The molecule has 3 atom stereocenters. The minimum Gasteiger partial charge on any atom is -0.507 e. The monoisotopic (exact) mass is 524 g/mol. The van der Waals surface area contributed by atoms with Gasteiger partial charge in [-0.05, 0) is 36.5 Å². The number of aromatic hydroxyl groups is 1. The Kier molecular flexibility index (Phi) is 5.63. The van der Waals surface area contributed by atoms with E-state index in [1.807, 2.05) is 13.8 Å². The molecule has 2 aromatic rings. The highest BCUT2D eigenvalue weighted by atomic mass is 16.6. The Labute approximate surface area is 214 Å². The molecule has 6 N–H and O–H groups in total. The first-order valence-electron chi connectivity index (χ1n) is 11.7. The zero-order chi connectivity index (χ0) is 27.7. The van der Waals surface area contributed by atoms with E-state index in [1.54, 1.807) is 6.07 Å². The predicted octanol–water partition coefficient (Wildman–Crippen LogP) is 1.21. The van der Waals surface area contributed by atoms with Gasteiger partial charge in [-0.25, -0.2) is 0 Å². The lowest BCUT2D eigenvalue weighted by molar-refractivity contribution is -0.153. The molecule has 1 amide bonds. The maximum atomic E-state index is 13.8. The van der Waals surface area contributed by atoms with Gasteiger partial charge < -0.3 is 35.5 Å². The molecule has 1 saturated carbocycles. The Morgan fingerprint density at radius 3 is 2.53 bits per heavy atom. The molecule has 0 saturated heterocycles. The highest BCUT2D eigenvalue weighted by molar-refractivity contribution is 6.38. The van der Waals surface area contributed by atoms with Crippen molar-refractivity contribution < 1.29 is 44.2 Å². The van der Waals surface area contributed by atoms with E-state index in [4.69, 9.17) is 15.1 Å². The second-order valence-corrected chi connectivity index (χ2v) is 9.72. The average molecular weight is 524 g/mol. The fourth-order valence-electron chi connectivity index (χ4n) is 5.48. The van der Waals surface area contributed by atoms with Crippen LogP contribution in [0.2, 0.25) is 0 Å². The maximum absolute atomic E-state index is 13.8. The van der Waals surface area contributed by atoms with Crippen LogP contribution in [0.15, 0.2) is 38.7 Å². The van der Waals surface area contributed by atoms with Crippen LogP contribution in [0.1, 0.15) is 43.1 Å². The SMILES string of the molecule is CO/N=C1\C(O)=C(C(N)=O)C(=O)[C@@]2(O)C(=O)C3=C(O)c4c(O)ccc(-c5nc(C(C)C)no5)c4C[C@H]3C[C@@H]12. The fourth-order valence-corrected chi connectivity index (χ4v) is 5.48. The summed E-state index contributed by atoms with van der Waals surface area (Å²) < 4.78 is 5.41. The molecule has 0 bridgehead atoms. The summed E-state index contributed by atoms with van der Waals surface area (Å²) in [5, 5.41) is 51.7. The van der Waals surface area contributed by atoms with Crippen molar-refractivity contribution in [2.45, 2.75) is 38.2 Å². The number of nitrogens with two attached hydrogens (primary N) is 1. The van der Waals surface area contributed by atoms with E-state index in [2.05, 4.69) is 15.3 Å². The summed E-state index contributed by atoms with van der Waals surface area (Å²) in [6.07, 6.45) is -0.112. The first kappa shape index (κ1) is 25.1. The molecule has 13 nitrogen and oxygen atoms in total. The Morgan fingerprint density at radius 1 is 1.21 bits per heavy atom. The molecule has 198 valence electrons. The van der Waals surface area contributed by atoms with Crippen LogP contribution in [0.25, 0.3) is 17.2 Å². The second kappa shape index (κ2) is 8.52. The van der Waals surface area contributed by atoms with Crippen LogP contribution in [-0.4, -0.2) is 66.5 Å². The molecule has 5 rings (SSSR count). The summed E-state index contributed by atoms with van der Waals surface area (Å²) in [6, 6.07) is 2.83. The van der Waals surface area contributed by atoms with Crippen molar-refractivity contribution in [2.75, 3.05) is 7.11 Å². The zero-order valence-electron chi connectivity index (χ0n) is 20.6. The normalized spacial score (nSPS) is 26.0. The summed E-state index contributed by atoms with van der Waals surface area (Å²) in [5.41, 5.74) is 1.35. The first-order chi connectivity index (χ1) is 17.9. The van der Waals surface area contributed by atoms with Crippen molar-refractivity contribution >= 4 is 28.9 Å². The van der Waals surface area contributed by atoms with Gasteiger partial charge in [-0.2, -0.15) is 4.98 Å². The van der Waals surface area contributed by atoms with Crippen molar-refractivity contribution in [3.05, 3.63) is 46.0 Å². The van der Waals surface area contributed by atoms with E-state index in [1.165, 1.54) is 6.07 Å². The van der Waals surface area contributed by atoms with Crippen molar-refractivity contribution in [2.24, 2.45) is 22.7 Å². The van der Waals surface area contributed by atoms with Crippen molar-refractivity contribution in [3.63, 3.8) is 0 Å². The number of amides is 1. The standard InChI is InChI=1S/C25H24N4O9/c1-8(2)23-27-24(38-29-23)10-4-5-13(30)15-11(10)6-9-7-12-17(28-37-3)19(32)16(22(26)35)21(34)25(12,36)20(33)14(9)18(15)31/h4-5,8-9,12,30-32,36H,6-7H2,1-3H3,(H2,26,35)/b28-17-/t9-,12-,25-/m0/s1. The van der Waals surface area contributed by atoms with Gasteiger partial charge >= 0.3 is 0 Å². The van der Waals surface area contributed by atoms with E-state index < -0.39 is 57.7 Å². The number of aromatic nitrogens is 2. The summed E-state index contributed by atoms with van der Waals surface area (Å²) in [5.74, 6) is -7.56. The number of rotatable bonds is 4. The Balaban J connectivity index is 1.71. The van der Waals surface area contributed by atoms with Gasteiger partial charge in [-0.3, -0.25) is 14.4 Å². The number of ketones is 2. The lowest BCUT2D eigenvalue weighted by Gasteiger charge is -2.45. The van der Waals surface area contributed by atoms with Crippen LogP contribution in [-0.2, 0) is 25.6 Å². The smallest absolute Gasteiger partial charge is 0.258 e. The molecule has 3 aliphatic rings. The number of nitrogens with zero attached hydrogens (tertiary/aromatic N) is 3. The fraction of sp³-hybridized carbons (Fsp3) is 0.360. The maximum Gasteiger partial charge on any atom is 0.258 e. The first-order valence-corrected chi connectivity index (χ1v) is 11.7. The van der Waals surface area contributed by atoms with Crippen LogP contribution in [0.4, 0.5) is 0 Å². The van der Waals surface area contributed by atoms with Gasteiger partial charge in [-0.15, -0.1) is 0 Å². The zero-order valence-corrected chi connectivity index (χ0v) is 20.6. The molecule has 13 heteroatoms. The minimum atomic E-state index is -2.91. The molecular weight excluding hydrogens is 500 g/mol. The Morgan fingerprint density at radius 2 is 1.92 bits per heavy atom. The third-order valence-corrected chi connectivity index (χ3v) is 7.26. The molecule has 1 aromatic heterocycles. The second-order valence-electron chi connectivity index (χ2n) is 9.72. The number of hydrogen-bond donors (Lipinski definition) is 5. The van der Waals surface area contributed by atoms with E-state index in [0.717, 1.165) is 7.11 Å². The topological polar surface area (TPSA) is 219 Å². The van der Waals surface area contributed by atoms with Crippen LogP contribution < -0.4 is 5.73 Å². The molecular formula is C25H24N4O9. The van der Waals surface area contributed by atoms with Crippen molar-refractivity contribution in [3.8, 4) is 17.2 Å². The van der Waals surface area contributed by atoms with Gasteiger partial charge in [0.2, 0.25) is 11.6 Å². The van der Waals surface area contributed by atoms with Crippen LogP contribution in [0.5, 0.6) is 5.75 Å². The molecule has 0 radical (unpaired) electrons. The van der Waals surface area contributed by atoms with Crippen LogP contribution in [0, 0.1) is 11.8 Å². The number of carbonyl (C=O) groups excluding carboxylic acids is 3. The average Bonchev–Trinajstić information content (AvgIpc) is 3.34. The number of carbonyl (C=O) groups is 3. The van der Waals surface area contributed by atoms with Gasteiger partial charge in [0, 0.05) is 17.1 Å². The van der Waals surface area contributed by atoms with E-state index in [9.17, 15) is 34.8 Å². The van der Waals surface area contributed by atoms with Crippen molar-refractivity contribution in [1.29, 1.82) is 0 Å². The highest BCUT2D eigenvalue weighted by Crippen LogP contribution is 2.51. The molecule has 1 fully saturated rings. The highest BCUT2D eigenvalue weighted by Gasteiger charge is 2.64. The lowest BCUT2D eigenvalue weighted by atomic mass is 9.58. The van der Waals surface area contributed by atoms with Crippen LogP contribution in [0.3, 0.4) is 0 Å². The quantitative estimate of drug-likeness (QED) is 0.217. The number of fused-ring (bicyclic) bond motifs is 3. The third-order valence-electron chi connectivity index (χ3n) is 7.26. The van der Waals surface area contributed by atoms with Gasteiger partial charge in [0.15, 0.2) is 17.2 Å². The van der Waals surface area contributed by atoms with Gasteiger partial charge in [0.1, 0.15) is 29.9 Å². The number of aliphatic hydroxyl groups excluding tert-OH is 2. The number of primary amides is 1. The largest absolute Gasteiger partial charge is 0.507 e. The van der Waals surface area contributed by atoms with E-state index in [-0.39, 0.29) is 41.5 Å². The minimum absolute atomic E-state index is 0.0256. The van der Waals surface area contributed by atoms with E-state index >= 15 is 0 Å². The Hall–Kier alpha value is -4.52. The predicted molar refractivity (Wildman–Crippen MR) is 129 cm³/mol. The number of oxime groups is 1. The summed E-state index contributed by atoms with van der Waals surface area (Å²) in [7, 11) is 1.14. The van der Waals surface area contributed by atoms with Crippen molar-refractivity contribution in [1.82, 2.24) is 10.1 Å². The number of phenols is 1. The molecule has 0 unspecified atom stereocenters. The molecule has 1 aromatic carbocycles. The number of phenolic OH excluding ortho intramolecular Hbond substituents is 1. The van der Waals surface area contributed by atoms with Gasteiger partial charge in [-0.1, -0.05) is 24.2 Å². The molecule has 0 aliphatic heterocycles. The number of aliphatic hydroxyl groups is 3. The summed E-state index contributed by atoms with van der Waals surface area (Å²) in [6.45, 7) is 3.77. The lowest BCUT2D eigenvalue weighted by Crippen LogP contribution is -2.64. The molecule has 1 heterocycles. The number of benzene rings is 1.